The van der Waals surface area contributed by atoms with E-state index in [1.165, 1.54) is 37.5 Å². The normalized spacial score (nSPS) is 29.7. The summed E-state index contributed by atoms with van der Waals surface area (Å²) < 4.78 is 29.0. The zero-order chi connectivity index (χ0) is 23.7. The fourth-order valence-corrected chi connectivity index (χ4v) is 7.82. The maximum Gasteiger partial charge on any atom is 0.222 e. The number of carbonyl (C=O) groups is 1. The zero-order valence-corrected chi connectivity index (χ0v) is 20.1. The first-order valence-electron chi connectivity index (χ1n) is 12.9. The predicted octanol–water partition coefficient (Wildman–Crippen LogP) is 6.01. The quantitative estimate of drug-likeness (QED) is 0.556. The van der Waals surface area contributed by atoms with Crippen molar-refractivity contribution >= 4 is 5.91 Å². The standard InChI is InChI=1S/C28H33F2N3O/c1-27(2)20-11-12-28(27,18-8-5-13-33(16-18)24(34)14-17-6-3-7-17)26-19(20)15-23(31-32-26)25-21(29)9-4-10-22(25)30/h4,9-10,15,17-18,20H,3,5-8,11-14,16H2,1-2H3/t18-,20-,28-/m0/s1. The Kier molecular flexibility index (Phi) is 5.09. The second kappa shape index (κ2) is 7.82. The van der Waals surface area contributed by atoms with Crippen LogP contribution in [0, 0.1) is 28.9 Å². The lowest BCUT2D eigenvalue weighted by Crippen LogP contribution is -2.51. The third-order valence-electron chi connectivity index (χ3n) is 9.85. The Morgan fingerprint density at radius 3 is 2.56 bits per heavy atom. The van der Waals surface area contributed by atoms with Crippen LogP contribution in [0.5, 0.6) is 0 Å². The fraction of sp³-hybridized carbons (Fsp3) is 0.607. The van der Waals surface area contributed by atoms with Crippen molar-refractivity contribution in [2.45, 2.75) is 76.5 Å². The van der Waals surface area contributed by atoms with Gasteiger partial charge in [-0.15, -0.1) is 0 Å². The maximum atomic E-state index is 14.5. The molecule has 0 radical (unpaired) electrons. The second-order valence-corrected chi connectivity index (χ2v) is 11.6. The van der Waals surface area contributed by atoms with Crippen molar-refractivity contribution in [3.63, 3.8) is 0 Å². The van der Waals surface area contributed by atoms with Crippen LogP contribution in [0.1, 0.15) is 82.4 Å². The Balaban J connectivity index is 1.35. The van der Waals surface area contributed by atoms with Crippen molar-refractivity contribution in [1.82, 2.24) is 15.1 Å². The number of likely N-dealkylation sites (tertiary alicyclic amines) is 1. The monoisotopic (exact) mass is 465 g/mol. The SMILES string of the molecule is CC1(C)[C@H]2CC[C@]1([C@H]1CCCN(C(=O)CC3CCC3)C1)c1nnc(-c3c(F)cccc3F)cc12. The highest BCUT2D eigenvalue weighted by Gasteiger charge is 2.66. The van der Waals surface area contributed by atoms with Gasteiger partial charge in [-0.05, 0) is 85.5 Å². The first kappa shape index (κ1) is 22.1. The van der Waals surface area contributed by atoms with Crippen LogP contribution in [0.3, 0.4) is 0 Å². The van der Waals surface area contributed by atoms with Gasteiger partial charge >= 0.3 is 0 Å². The summed E-state index contributed by atoms with van der Waals surface area (Å²) in [7, 11) is 0. The van der Waals surface area contributed by atoms with Gasteiger partial charge in [-0.1, -0.05) is 26.3 Å². The summed E-state index contributed by atoms with van der Waals surface area (Å²) in [5.74, 6) is 0.283. The van der Waals surface area contributed by atoms with Crippen molar-refractivity contribution in [3.8, 4) is 11.3 Å². The van der Waals surface area contributed by atoms with Gasteiger partial charge in [0.05, 0.1) is 17.0 Å². The number of hydrogen-bond donors (Lipinski definition) is 0. The summed E-state index contributed by atoms with van der Waals surface area (Å²) in [6.45, 7) is 6.29. The van der Waals surface area contributed by atoms with E-state index in [1.807, 2.05) is 6.07 Å². The highest BCUT2D eigenvalue weighted by molar-refractivity contribution is 5.76. The first-order valence-corrected chi connectivity index (χ1v) is 12.9. The molecule has 6 rings (SSSR count). The Hall–Kier alpha value is -2.37. The van der Waals surface area contributed by atoms with Crippen LogP contribution < -0.4 is 0 Å². The van der Waals surface area contributed by atoms with Crippen LogP contribution in [0.25, 0.3) is 11.3 Å². The second-order valence-electron chi connectivity index (χ2n) is 11.6. The van der Waals surface area contributed by atoms with E-state index in [4.69, 9.17) is 5.10 Å². The topological polar surface area (TPSA) is 46.1 Å². The molecule has 1 saturated heterocycles. The minimum Gasteiger partial charge on any atom is -0.342 e. The molecule has 3 fully saturated rings. The number of rotatable bonds is 4. The van der Waals surface area contributed by atoms with Gasteiger partial charge < -0.3 is 4.90 Å². The van der Waals surface area contributed by atoms with E-state index in [0.29, 0.717) is 24.2 Å². The van der Waals surface area contributed by atoms with Crippen LogP contribution in [0.2, 0.25) is 0 Å². The van der Waals surface area contributed by atoms with Gasteiger partial charge in [-0.25, -0.2) is 8.78 Å². The Labute approximate surface area is 200 Å². The van der Waals surface area contributed by atoms with Gasteiger partial charge in [0.25, 0.3) is 0 Å². The Morgan fingerprint density at radius 1 is 1.09 bits per heavy atom. The Bertz CT molecular complexity index is 1120. The van der Waals surface area contributed by atoms with E-state index < -0.39 is 11.6 Å². The average Bonchev–Trinajstić information content (AvgIpc) is 3.17. The number of halogens is 2. The lowest BCUT2D eigenvalue weighted by atomic mass is 9.59. The highest BCUT2D eigenvalue weighted by Crippen LogP contribution is 2.70. The largest absolute Gasteiger partial charge is 0.342 e. The molecular formula is C28H33F2N3O. The molecule has 1 amide bonds. The smallest absolute Gasteiger partial charge is 0.222 e. The van der Waals surface area contributed by atoms with E-state index in [2.05, 4.69) is 23.8 Å². The molecule has 2 bridgehead atoms. The van der Waals surface area contributed by atoms with Crippen molar-refractivity contribution in [2.75, 3.05) is 13.1 Å². The van der Waals surface area contributed by atoms with Crippen molar-refractivity contribution < 1.29 is 13.6 Å². The van der Waals surface area contributed by atoms with E-state index in [1.54, 1.807) is 0 Å². The van der Waals surface area contributed by atoms with Crippen molar-refractivity contribution in [3.05, 3.63) is 47.2 Å². The number of hydrogen-bond acceptors (Lipinski definition) is 3. The van der Waals surface area contributed by atoms with Gasteiger partial charge in [0, 0.05) is 24.9 Å². The van der Waals surface area contributed by atoms with E-state index in [9.17, 15) is 13.6 Å². The minimum absolute atomic E-state index is 0.0406. The Morgan fingerprint density at radius 2 is 1.85 bits per heavy atom. The highest BCUT2D eigenvalue weighted by atomic mass is 19.1. The number of fused-ring (bicyclic) bond motifs is 5. The molecule has 34 heavy (non-hydrogen) atoms. The molecule has 3 aliphatic carbocycles. The molecule has 180 valence electrons. The fourth-order valence-electron chi connectivity index (χ4n) is 7.82. The van der Waals surface area contributed by atoms with Crippen LogP contribution in [0.4, 0.5) is 8.78 Å². The summed E-state index contributed by atoms with van der Waals surface area (Å²) in [5.41, 5.74) is 2.09. The molecule has 2 saturated carbocycles. The van der Waals surface area contributed by atoms with E-state index >= 15 is 0 Å². The van der Waals surface area contributed by atoms with Crippen LogP contribution in [-0.4, -0.2) is 34.1 Å². The van der Waals surface area contributed by atoms with Crippen LogP contribution >= 0.6 is 0 Å². The van der Waals surface area contributed by atoms with Crippen molar-refractivity contribution in [2.24, 2.45) is 17.3 Å². The van der Waals surface area contributed by atoms with Gasteiger partial charge in [-0.3, -0.25) is 4.79 Å². The minimum atomic E-state index is -0.612. The number of aromatic nitrogens is 2. The number of piperidine rings is 1. The molecule has 0 spiro atoms. The van der Waals surface area contributed by atoms with Gasteiger partial charge in [0.1, 0.15) is 11.6 Å². The number of amides is 1. The summed E-state index contributed by atoms with van der Waals surface area (Å²) >= 11 is 0. The molecule has 2 heterocycles. The summed E-state index contributed by atoms with van der Waals surface area (Å²) in [6, 6.07) is 5.79. The van der Waals surface area contributed by atoms with Gasteiger partial charge in [-0.2, -0.15) is 10.2 Å². The summed E-state index contributed by atoms with van der Waals surface area (Å²) in [5, 5.41) is 9.07. The number of nitrogens with zero attached hydrogens (tertiary/aromatic N) is 3. The molecule has 0 unspecified atom stereocenters. The molecule has 1 aromatic carbocycles. The van der Waals surface area contributed by atoms with Crippen LogP contribution in [0.15, 0.2) is 24.3 Å². The molecule has 4 nitrogen and oxygen atoms in total. The van der Waals surface area contributed by atoms with Crippen molar-refractivity contribution in [1.29, 1.82) is 0 Å². The molecule has 2 aromatic rings. The molecule has 6 heteroatoms. The molecule has 3 atom stereocenters. The lowest BCUT2D eigenvalue weighted by Gasteiger charge is -2.48. The third-order valence-corrected chi connectivity index (χ3v) is 9.85. The van der Waals surface area contributed by atoms with E-state index in [0.717, 1.165) is 50.0 Å². The average molecular weight is 466 g/mol. The van der Waals surface area contributed by atoms with Gasteiger partial charge in [0.15, 0.2) is 0 Å². The molecule has 4 aliphatic rings. The molecular weight excluding hydrogens is 432 g/mol. The lowest BCUT2D eigenvalue weighted by molar-refractivity contribution is -0.135. The molecule has 1 aliphatic heterocycles. The maximum absolute atomic E-state index is 14.5. The molecule has 1 aromatic heterocycles. The van der Waals surface area contributed by atoms with E-state index in [-0.39, 0.29) is 28.0 Å². The predicted molar refractivity (Wildman–Crippen MR) is 126 cm³/mol. The number of benzene rings is 1. The third kappa shape index (κ3) is 3.02. The van der Waals surface area contributed by atoms with Crippen LogP contribution in [-0.2, 0) is 10.2 Å². The zero-order valence-electron chi connectivity index (χ0n) is 20.1. The van der Waals surface area contributed by atoms with Gasteiger partial charge in [0.2, 0.25) is 5.91 Å². The summed E-state index contributed by atoms with van der Waals surface area (Å²) in [4.78, 5) is 15.2. The summed E-state index contributed by atoms with van der Waals surface area (Å²) in [6.07, 6.45) is 8.50. The number of carbonyl (C=O) groups excluding carboxylic acids is 1. The molecule has 0 N–H and O–H groups in total. The first-order chi connectivity index (χ1) is 16.3.